The van der Waals surface area contributed by atoms with Crippen LogP contribution in [0.3, 0.4) is 0 Å². The van der Waals surface area contributed by atoms with Gasteiger partial charge in [0.1, 0.15) is 18.3 Å². The third-order valence-electron chi connectivity index (χ3n) is 3.75. The molecular weight excluding hydrogens is 240 g/mol. The van der Waals surface area contributed by atoms with Gasteiger partial charge in [0.2, 0.25) is 0 Å². The summed E-state index contributed by atoms with van der Waals surface area (Å²) in [5.74, 6) is 0. The van der Waals surface area contributed by atoms with Crippen LogP contribution in [-0.2, 0) is 9.16 Å². The van der Waals surface area contributed by atoms with Crippen molar-refractivity contribution in [2.75, 3.05) is 6.61 Å². The lowest BCUT2D eigenvalue weighted by atomic mass is 10.1. The summed E-state index contributed by atoms with van der Waals surface area (Å²) in [6, 6.07) is 0. The Morgan fingerprint density at radius 2 is 1.65 bits per heavy atom. The van der Waals surface area contributed by atoms with E-state index in [1.54, 1.807) is 0 Å². The molecule has 0 aliphatic carbocycles. The molecule has 1 saturated heterocycles. The van der Waals surface area contributed by atoms with Gasteiger partial charge in [0.25, 0.3) is 0 Å². The first-order valence-corrected chi connectivity index (χ1v) is 8.81. The highest BCUT2D eigenvalue weighted by Crippen LogP contribution is 2.37. The van der Waals surface area contributed by atoms with E-state index in [-0.39, 0.29) is 11.6 Å². The molecule has 6 heteroatoms. The maximum absolute atomic E-state index is 9.63. The number of ether oxygens (including phenoxy) is 1. The topological polar surface area (TPSA) is 79.2 Å². The van der Waals surface area contributed by atoms with Crippen molar-refractivity contribution in [3.05, 3.63) is 0 Å². The second kappa shape index (κ2) is 4.95. The number of aliphatic hydroxyl groups is 3. The molecule has 0 aromatic heterocycles. The van der Waals surface area contributed by atoms with E-state index >= 15 is 0 Å². The molecule has 0 spiro atoms. The standard InChI is InChI=1S/C11H24O5Si/c1-11(2,3)17(4,5)15-6-7-8(12)9(13)10(14)16-7/h7-10,12-14H,6H2,1-5H3/t7-,8-,9+,10?/m1/s1. The summed E-state index contributed by atoms with van der Waals surface area (Å²) in [5.41, 5.74) is 0. The fourth-order valence-electron chi connectivity index (χ4n) is 1.37. The maximum atomic E-state index is 9.63. The molecule has 1 rings (SSSR count). The summed E-state index contributed by atoms with van der Waals surface area (Å²) < 4.78 is 10.9. The minimum Gasteiger partial charge on any atom is -0.414 e. The molecule has 1 aliphatic heterocycles. The van der Waals surface area contributed by atoms with Crippen LogP contribution in [0.1, 0.15) is 20.8 Å². The Morgan fingerprint density at radius 1 is 1.12 bits per heavy atom. The second-order valence-corrected chi connectivity index (χ2v) is 10.9. The lowest BCUT2D eigenvalue weighted by molar-refractivity contribution is -0.132. The molecule has 0 aromatic rings. The van der Waals surface area contributed by atoms with E-state index in [2.05, 4.69) is 33.9 Å². The summed E-state index contributed by atoms with van der Waals surface area (Å²) in [7, 11) is -1.90. The molecule has 3 N–H and O–H groups in total. The van der Waals surface area contributed by atoms with Gasteiger partial charge in [-0.2, -0.15) is 0 Å². The lowest BCUT2D eigenvalue weighted by Gasteiger charge is -2.37. The van der Waals surface area contributed by atoms with E-state index in [9.17, 15) is 15.3 Å². The van der Waals surface area contributed by atoms with E-state index in [0.717, 1.165) is 0 Å². The van der Waals surface area contributed by atoms with E-state index in [1.165, 1.54) is 0 Å². The van der Waals surface area contributed by atoms with Gasteiger partial charge in [0.15, 0.2) is 14.6 Å². The highest BCUT2D eigenvalue weighted by atomic mass is 28.4. The van der Waals surface area contributed by atoms with Crippen LogP contribution in [0.15, 0.2) is 0 Å². The van der Waals surface area contributed by atoms with Crippen molar-refractivity contribution >= 4 is 8.32 Å². The van der Waals surface area contributed by atoms with Crippen LogP contribution in [0.2, 0.25) is 18.1 Å². The van der Waals surface area contributed by atoms with E-state index < -0.39 is 32.9 Å². The van der Waals surface area contributed by atoms with E-state index in [1.807, 2.05) is 0 Å². The van der Waals surface area contributed by atoms with Crippen LogP contribution in [0.4, 0.5) is 0 Å². The fraction of sp³-hybridized carbons (Fsp3) is 1.00. The molecule has 1 fully saturated rings. The van der Waals surface area contributed by atoms with Crippen molar-refractivity contribution in [2.45, 2.75) is 63.5 Å². The fourth-order valence-corrected chi connectivity index (χ4v) is 2.39. The minimum atomic E-state index is -1.90. The Hall–Kier alpha value is 0.0169. The molecule has 102 valence electrons. The molecule has 4 atom stereocenters. The minimum absolute atomic E-state index is 0.0772. The molecule has 0 bridgehead atoms. The molecule has 1 unspecified atom stereocenters. The van der Waals surface area contributed by atoms with Gasteiger partial charge in [0, 0.05) is 0 Å². The molecule has 5 nitrogen and oxygen atoms in total. The third-order valence-corrected chi connectivity index (χ3v) is 8.25. The van der Waals surface area contributed by atoms with Crippen molar-refractivity contribution in [1.29, 1.82) is 0 Å². The molecule has 1 aliphatic rings. The number of rotatable bonds is 3. The highest BCUT2D eigenvalue weighted by molar-refractivity contribution is 6.74. The van der Waals surface area contributed by atoms with Gasteiger partial charge in [-0.25, -0.2) is 0 Å². The van der Waals surface area contributed by atoms with Crippen LogP contribution < -0.4 is 0 Å². The summed E-state index contributed by atoms with van der Waals surface area (Å²) in [6.45, 7) is 10.8. The van der Waals surface area contributed by atoms with Crippen molar-refractivity contribution in [3.63, 3.8) is 0 Å². The van der Waals surface area contributed by atoms with Crippen LogP contribution in [0.25, 0.3) is 0 Å². The van der Waals surface area contributed by atoms with Crippen molar-refractivity contribution < 1.29 is 24.5 Å². The Morgan fingerprint density at radius 3 is 2.00 bits per heavy atom. The normalized spacial score (nSPS) is 35.3. The first kappa shape index (κ1) is 15.1. The summed E-state index contributed by atoms with van der Waals surface area (Å²) in [6.07, 6.45) is -4.31. The van der Waals surface area contributed by atoms with Gasteiger partial charge in [-0.15, -0.1) is 0 Å². The summed E-state index contributed by atoms with van der Waals surface area (Å²) in [4.78, 5) is 0. The third kappa shape index (κ3) is 3.27. The molecule has 0 aromatic carbocycles. The van der Waals surface area contributed by atoms with Crippen molar-refractivity contribution in [2.24, 2.45) is 0 Å². The van der Waals surface area contributed by atoms with Crippen molar-refractivity contribution in [3.8, 4) is 0 Å². The average Bonchev–Trinajstić information content (AvgIpc) is 2.41. The van der Waals surface area contributed by atoms with Crippen LogP contribution in [0.5, 0.6) is 0 Å². The predicted octanol–water partition coefficient (Wildman–Crippen LogP) is 0.447. The zero-order chi connectivity index (χ0) is 13.4. The summed E-state index contributed by atoms with van der Waals surface area (Å²) in [5, 5.41) is 28.3. The van der Waals surface area contributed by atoms with Gasteiger partial charge in [0.05, 0.1) is 6.61 Å². The first-order valence-electron chi connectivity index (χ1n) is 5.90. The van der Waals surface area contributed by atoms with Gasteiger partial charge in [-0.1, -0.05) is 20.8 Å². The largest absolute Gasteiger partial charge is 0.414 e. The molecule has 0 radical (unpaired) electrons. The number of aliphatic hydroxyl groups excluding tert-OH is 3. The van der Waals surface area contributed by atoms with Gasteiger partial charge in [-0.3, -0.25) is 0 Å². The predicted molar refractivity (Wildman–Crippen MR) is 66.0 cm³/mol. The van der Waals surface area contributed by atoms with Crippen molar-refractivity contribution in [1.82, 2.24) is 0 Å². The zero-order valence-electron chi connectivity index (χ0n) is 11.2. The zero-order valence-corrected chi connectivity index (χ0v) is 12.2. The van der Waals surface area contributed by atoms with Crippen LogP contribution >= 0.6 is 0 Å². The average molecular weight is 264 g/mol. The monoisotopic (exact) mass is 264 g/mol. The SMILES string of the molecule is CC(C)(C)[Si](C)(C)OC[C@H]1OC(O)[C@@H](O)[C@@H]1O. The molecule has 0 saturated carbocycles. The lowest BCUT2D eigenvalue weighted by Crippen LogP contribution is -2.44. The highest BCUT2D eigenvalue weighted by Gasteiger charge is 2.44. The molecular formula is C11H24O5Si. The second-order valence-electron chi connectivity index (χ2n) is 6.12. The Balaban J connectivity index is 2.53. The molecule has 17 heavy (non-hydrogen) atoms. The summed E-state index contributed by atoms with van der Waals surface area (Å²) >= 11 is 0. The smallest absolute Gasteiger partial charge is 0.192 e. The number of hydrogen-bond donors (Lipinski definition) is 3. The van der Waals surface area contributed by atoms with Gasteiger partial charge >= 0.3 is 0 Å². The molecule has 1 heterocycles. The first-order chi connectivity index (χ1) is 7.56. The Bertz CT molecular complexity index is 263. The van der Waals surface area contributed by atoms with Gasteiger partial charge in [-0.05, 0) is 18.1 Å². The van der Waals surface area contributed by atoms with E-state index in [4.69, 9.17) is 9.16 Å². The van der Waals surface area contributed by atoms with E-state index in [0.29, 0.717) is 0 Å². The van der Waals surface area contributed by atoms with Crippen LogP contribution in [0, 0.1) is 0 Å². The Kier molecular flexibility index (Phi) is 4.39. The van der Waals surface area contributed by atoms with Gasteiger partial charge < -0.3 is 24.5 Å². The van der Waals surface area contributed by atoms with Crippen LogP contribution in [-0.4, -0.2) is 54.8 Å². The maximum Gasteiger partial charge on any atom is 0.192 e. The quantitative estimate of drug-likeness (QED) is 0.645. The number of hydrogen-bond acceptors (Lipinski definition) is 5. The Labute approximate surface area is 103 Å². The molecule has 0 amide bonds.